The highest BCUT2D eigenvalue weighted by molar-refractivity contribution is 5.18. The summed E-state index contributed by atoms with van der Waals surface area (Å²) >= 11 is 0. The zero-order valence-electron chi connectivity index (χ0n) is 9.87. The van der Waals surface area contributed by atoms with Crippen LogP contribution in [0.25, 0.3) is 0 Å². The van der Waals surface area contributed by atoms with Crippen LogP contribution in [0.2, 0.25) is 0 Å². The molecule has 1 heteroatoms. The average molecular weight is 203 g/mol. The van der Waals surface area contributed by atoms with Crippen LogP contribution >= 0.6 is 0 Å². The Balaban J connectivity index is 1.98. The Morgan fingerprint density at radius 1 is 1.20 bits per heavy atom. The van der Waals surface area contributed by atoms with Crippen LogP contribution in [0.5, 0.6) is 0 Å². The van der Waals surface area contributed by atoms with Crippen molar-refractivity contribution in [3.63, 3.8) is 0 Å². The monoisotopic (exact) mass is 203 g/mol. The quantitative estimate of drug-likeness (QED) is 0.706. The molecule has 0 amide bonds. The predicted molar refractivity (Wildman–Crippen MR) is 64.0 cm³/mol. The van der Waals surface area contributed by atoms with Crippen molar-refractivity contribution in [2.75, 3.05) is 0 Å². The van der Waals surface area contributed by atoms with Crippen LogP contribution in [0, 0.1) is 12.8 Å². The Kier molecular flexibility index (Phi) is 3.40. The van der Waals surface area contributed by atoms with Gasteiger partial charge in [0.05, 0.1) is 0 Å². The molecule has 0 bridgehead atoms. The second kappa shape index (κ2) is 4.78. The summed E-state index contributed by atoms with van der Waals surface area (Å²) in [6.07, 6.45) is 8.99. The summed E-state index contributed by atoms with van der Waals surface area (Å²) in [5, 5.41) is 0. The Bertz CT molecular complexity index is 294. The normalized spacial score (nSPS) is 26.5. The first-order valence-electron chi connectivity index (χ1n) is 6.22. The average Bonchev–Trinajstić information content (AvgIpc) is 2.30. The molecule has 15 heavy (non-hydrogen) atoms. The van der Waals surface area contributed by atoms with Gasteiger partial charge in [-0.25, -0.2) is 0 Å². The fraction of sp³-hybridized carbons (Fsp3) is 0.643. The van der Waals surface area contributed by atoms with Gasteiger partial charge < -0.3 is 0 Å². The number of aromatic nitrogens is 1. The van der Waals surface area contributed by atoms with Crippen LogP contribution in [0.1, 0.15) is 56.2 Å². The molecule has 1 aliphatic rings. The van der Waals surface area contributed by atoms with Gasteiger partial charge in [-0.15, -0.1) is 0 Å². The van der Waals surface area contributed by atoms with Crippen molar-refractivity contribution >= 4 is 0 Å². The van der Waals surface area contributed by atoms with Gasteiger partial charge in [0.2, 0.25) is 0 Å². The zero-order valence-corrected chi connectivity index (χ0v) is 9.87. The van der Waals surface area contributed by atoms with Gasteiger partial charge in [0.15, 0.2) is 0 Å². The van der Waals surface area contributed by atoms with E-state index >= 15 is 0 Å². The Hall–Kier alpha value is -0.850. The minimum Gasteiger partial charge on any atom is -0.261 e. The van der Waals surface area contributed by atoms with Crippen molar-refractivity contribution in [2.24, 2.45) is 5.92 Å². The van der Waals surface area contributed by atoms with Crippen molar-refractivity contribution in [1.82, 2.24) is 4.98 Å². The number of hydrogen-bond donors (Lipinski definition) is 0. The summed E-state index contributed by atoms with van der Waals surface area (Å²) in [5.41, 5.74) is 2.58. The van der Waals surface area contributed by atoms with Gasteiger partial charge in [-0.1, -0.05) is 19.4 Å². The number of hydrogen-bond acceptors (Lipinski definition) is 1. The van der Waals surface area contributed by atoms with Crippen LogP contribution in [0.3, 0.4) is 0 Å². The maximum Gasteiger partial charge on any atom is 0.0372 e. The van der Waals surface area contributed by atoms with Gasteiger partial charge in [-0.2, -0.15) is 0 Å². The first kappa shape index (κ1) is 10.7. The number of nitrogens with zero attached hydrogens (tertiary/aromatic N) is 1. The van der Waals surface area contributed by atoms with Crippen LogP contribution in [0.4, 0.5) is 0 Å². The van der Waals surface area contributed by atoms with E-state index < -0.39 is 0 Å². The molecule has 2 rings (SSSR count). The molecular weight excluding hydrogens is 182 g/mol. The third-order valence-electron chi connectivity index (χ3n) is 3.83. The number of aryl methyl sites for hydroxylation is 1. The highest BCUT2D eigenvalue weighted by Crippen LogP contribution is 2.36. The van der Waals surface area contributed by atoms with E-state index in [1.165, 1.54) is 37.7 Å². The van der Waals surface area contributed by atoms with Crippen molar-refractivity contribution in [3.05, 3.63) is 29.6 Å². The summed E-state index contributed by atoms with van der Waals surface area (Å²) in [4.78, 5) is 4.39. The SMILES string of the molecule is CCC1CCC(c2ccc(C)nc2)CC1. The van der Waals surface area contributed by atoms with E-state index in [-0.39, 0.29) is 0 Å². The van der Waals surface area contributed by atoms with Gasteiger partial charge in [-0.3, -0.25) is 4.98 Å². The molecule has 0 unspecified atom stereocenters. The van der Waals surface area contributed by atoms with Gasteiger partial charge in [0.1, 0.15) is 0 Å². The summed E-state index contributed by atoms with van der Waals surface area (Å²) in [6.45, 7) is 4.37. The van der Waals surface area contributed by atoms with Crippen LogP contribution in [0.15, 0.2) is 18.3 Å². The molecule has 0 saturated heterocycles. The first-order valence-corrected chi connectivity index (χ1v) is 6.22. The molecule has 1 nitrogen and oxygen atoms in total. The van der Waals surface area contributed by atoms with Crippen LogP contribution in [-0.4, -0.2) is 4.98 Å². The smallest absolute Gasteiger partial charge is 0.0372 e. The fourth-order valence-electron chi connectivity index (χ4n) is 2.62. The topological polar surface area (TPSA) is 12.9 Å². The molecular formula is C14H21N. The molecule has 82 valence electrons. The molecule has 0 N–H and O–H groups in total. The van der Waals surface area contributed by atoms with Gasteiger partial charge >= 0.3 is 0 Å². The molecule has 1 aromatic heterocycles. The maximum atomic E-state index is 4.39. The van der Waals surface area contributed by atoms with Gasteiger partial charge in [0.25, 0.3) is 0 Å². The lowest BCUT2D eigenvalue weighted by molar-refractivity contribution is 0.318. The molecule has 0 atom stereocenters. The molecule has 1 fully saturated rings. The number of rotatable bonds is 2. The molecule has 1 saturated carbocycles. The van der Waals surface area contributed by atoms with E-state index in [9.17, 15) is 0 Å². The van der Waals surface area contributed by atoms with Gasteiger partial charge in [-0.05, 0) is 56.1 Å². The maximum absolute atomic E-state index is 4.39. The molecule has 1 heterocycles. The minimum absolute atomic E-state index is 0.779. The second-order valence-electron chi connectivity index (χ2n) is 4.86. The van der Waals surface area contributed by atoms with Crippen molar-refractivity contribution in [2.45, 2.75) is 51.9 Å². The van der Waals surface area contributed by atoms with E-state index in [2.05, 4.69) is 37.2 Å². The standard InChI is InChI=1S/C14H21N/c1-3-12-5-8-13(9-6-12)14-7-4-11(2)15-10-14/h4,7,10,12-13H,3,5-6,8-9H2,1-2H3. The largest absolute Gasteiger partial charge is 0.261 e. The van der Waals surface area contributed by atoms with E-state index in [1.807, 2.05) is 0 Å². The lowest BCUT2D eigenvalue weighted by Gasteiger charge is -2.27. The third kappa shape index (κ3) is 2.58. The lowest BCUT2D eigenvalue weighted by atomic mass is 9.78. The van der Waals surface area contributed by atoms with Crippen molar-refractivity contribution in [3.8, 4) is 0 Å². The molecule has 0 aliphatic heterocycles. The van der Waals surface area contributed by atoms with Crippen LogP contribution < -0.4 is 0 Å². The summed E-state index contributed by atoms with van der Waals surface area (Å²) in [6, 6.07) is 4.40. The second-order valence-corrected chi connectivity index (χ2v) is 4.86. The summed E-state index contributed by atoms with van der Waals surface area (Å²) in [5.74, 6) is 1.76. The molecule has 1 aromatic rings. The van der Waals surface area contributed by atoms with E-state index in [1.54, 1.807) is 0 Å². The molecule has 0 radical (unpaired) electrons. The van der Waals surface area contributed by atoms with E-state index in [4.69, 9.17) is 0 Å². The lowest BCUT2D eigenvalue weighted by Crippen LogP contribution is -2.12. The van der Waals surface area contributed by atoms with Crippen molar-refractivity contribution < 1.29 is 0 Å². The Morgan fingerprint density at radius 2 is 1.93 bits per heavy atom. The van der Waals surface area contributed by atoms with E-state index in [0.717, 1.165) is 17.5 Å². The minimum atomic E-state index is 0.779. The first-order chi connectivity index (χ1) is 7.29. The summed E-state index contributed by atoms with van der Waals surface area (Å²) in [7, 11) is 0. The van der Waals surface area contributed by atoms with Gasteiger partial charge in [0, 0.05) is 11.9 Å². The predicted octanol–water partition coefficient (Wildman–Crippen LogP) is 4.07. The Labute approximate surface area is 92.9 Å². The highest BCUT2D eigenvalue weighted by Gasteiger charge is 2.21. The molecule has 1 aliphatic carbocycles. The zero-order chi connectivity index (χ0) is 10.7. The fourth-order valence-corrected chi connectivity index (χ4v) is 2.62. The van der Waals surface area contributed by atoms with Crippen LogP contribution in [-0.2, 0) is 0 Å². The van der Waals surface area contributed by atoms with Crippen molar-refractivity contribution in [1.29, 1.82) is 0 Å². The third-order valence-corrected chi connectivity index (χ3v) is 3.83. The number of pyridine rings is 1. The highest BCUT2D eigenvalue weighted by atomic mass is 14.7. The van der Waals surface area contributed by atoms with E-state index in [0.29, 0.717) is 0 Å². The summed E-state index contributed by atoms with van der Waals surface area (Å²) < 4.78 is 0. The Morgan fingerprint density at radius 3 is 2.47 bits per heavy atom. The molecule has 0 aromatic carbocycles. The molecule has 0 spiro atoms.